The van der Waals surface area contributed by atoms with E-state index < -0.39 is 23.6 Å². The number of nitrogens with zero attached hydrogens (tertiary/aromatic N) is 1. The molecule has 0 aromatic carbocycles. The Kier molecular flexibility index (Phi) is 5.92. The molecule has 0 bridgehead atoms. The summed E-state index contributed by atoms with van der Waals surface area (Å²) in [6.45, 7) is 6.89. The Morgan fingerprint density at radius 2 is 1.76 bits per heavy atom. The molecule has 0 N–H and O–H groups in total. The van der Waals surface area contributed by atoms with Crippen molar-refractivity contribution in [2.75, 3.05) is 12.5 Å². The molecule has 21 heavy (non-hydrogen) atoms. The molecule has 0 aliphatic carbocycles. The van der Waals surface area contributed by atoms with Gasteiger partial charge in [0.2, 0.25) is 0 Å². The van der Waals surface area contributed by atoms with Gasteiger partial charge in [0.05, 0.1) is 4.24 Å². The number of piperidine rings is 1. The Morgan fingerprint density at radius 3 is 2.19 bits per heavy atom. The van der Waals surface area contributed by atoms with Crippen LogP contribution in [0.1, 0.15) is 34.1 Å². The minimum atomic E-state index is -0.702. The molecule has 0 saturated carbocycles. The Labute approximate surface area is 133 Å². The molecule has 0 aromatic heterocycles. The van der Waals surface area contributed by atoms with Gasteiger partial charge in [-0.3, -0.25) is 9.59 Å². The van der Waals surface area contributed by atoms with Crippen LogP contribution in [0.5, 0.6) is 0 Å². The number of hydrogen-bond donors (Lipinski definition) is 0. The summed E-state index contributed by atoms with van der Waals surface area (Å²) in [6, 6.07) is -0.492. The molecule has 1 aliphatic rings. The second-order valence-electron chi connectivity index (χ2n) is 5.70. The van der Waals surface area contributed by atoms with Crippen LogP contribution in [-0.2, 0) is 14.3 Å². The van der Waals surface area contributed by atoms with E-state index in [-0.39, 0.29) is 17.8 Å². The Hall–Kier alpha value is -0.950. The lowest BCUT2D eigenvalue weighted by Crippen LogP contribution is -2.51. The average molecular weight is 331 g/mol. The van der Waals surface area contributed by atoms with Crippen LogP contribution in [0.25, 0.3) is 0 Å². The zero-order valence-corrected chi connectivity index (χ0v) is 14.8. The lowest BCUT2D eigenvalue weighted by atomic mass is 9.98. The first-order valence-corrected chi connectivity index (χ1v) is 8.99. The molecule has 2 amide bonds. The van der Waals surface area contributed by atoms with E-state index in [0.29, 0.717) is 4.24 Å². The van der Waals surface area contributed by atoms with Crippen molar-refractivity contribution in [3.63, 3.8) is 0 Å². The third-order valence-corrected chi connectivity index (χ3v) is 4.95. The summed E-state index contributed by atoms with van der Waals surface area (Å²) < 4.78 is 5.90. The maximum Gasteiger partial charge on any atom is 0.417 e. The average Bonchev–Trinajstić information content (AvgIpc) is 2.31. The van der Waals surface area contributed by atoms with Crippen LogP contribution in [0, 0.1) is 0 Å². The van der Waals surface area contributed by atoms with Crippen LogP contribution in [0.15, 0.2) is 9.81 Å². The highest BCUT2D eigenvalue weighted by atomic mass is 32.2. The monoisotopic (exact) mass is 331 g/mol. The number of likely N-dealkylation sites (tertiary alicyclic amines) is 1. The number of thioether (sulfide) groups is 2. The normalized spacial score (nSPS) is 19.8. The van der Waals surface area contributed by atoms with Crippen LogP contribution in [0.4, 0.5) is 4.79 Å². The third-order valence-electron chi connectivity index (χ3n) is 2.80. The van der Waals surface area contributed by atoms with Crippen molar-refractivity contribution in [2.24, 2.45) is 0 Å². The first-order chi connectivity index (χ1) is 9.62. The molecule has 1 heterocycles. The van der Waals surface area contributed by atoms with Gasteiger partial charge in [-0.2, -0.15) is 0 Å². The Bertz CT molecular complexity index is 488. The van der Waals surface area contributed by atoms with Gasteiger partial charge >= 0.3 is 6.09 Å². The second kappa shape index (κ2) is 6.87. The molecule has 1 saturated heterocycles. The molecular formula is C14H21NO4S2. The Morgan fingerprint density at radius 1 is 1.24 bits per heavy atom. The highest BCUT2D eigenvalue weighted by Gasteiger charge is 2.41. The van der Waals surface area contributed by atoms with Gasteiger partial charge in [-0.05, 0) is 40.2 Å². The number of ketones is 1. The predicted octanol–water partition coefficient (Wildman–Crippen LogP) is 3.05. The molecule has 1 rings (SSSR count). The lowest BCUT2D eigenvalue weighted by Gasteiger charge is -2.34. The minimum absolute atomic E-state index is 0.0963. The van der Waals surface area contributed by atoms with E-state index in [1.807, 2.05) is 0 Å². The fourth-order valence-electron chi connectivity index (χ4n) is 1.96. The number of amides is 2. The number of Topliss-reactive ketones (excluding diaryl/α,β-unsaturated/α-hetero) is 1. The molecule has 0 radical (unpaired) electrons. The SMILES string of the molecule is CSC(SC)=C1C(=O)CC(C)N(C(=O)OC(C)(C)C)C1=O. The summed E-state index contributed by atoms with van der Waals surface area (Å²) in [7, 11) is 0. The van der Waals surface area contributed by atoms with Gasteiger partial charge < -0.3 is 4.74 Å². The standard InChI is InChI=1S/C14H21NO4S2/c1-8-7-9(16)10(12(20-5)21-6)11(17)15(8)13(18)19-14(2,3)4/h8H,7H2,1-6H3. The number of rotatable bonds is 2. The van der Waals surface area contributed by atoms with Crippen molar-refractivity contribution in [2.45, 2.75) is 45.8 Å². The second-order valence-corrected chi connectivity index (χ2v) is 7.59. The van der Waals surface area contributed by atoms with Crippen molar-refractivity contribution < 1.29 is 19.1 Å². The van der Waals surface area contributed by atoms with Gasteiger partial charge in [-0.15, -0.1) is 23.5 Å². The molecule has 7 heteroatoms. The third kappa shape index (κ3) is 4.26. The minimum Gasteiger partial charge on any atom is -0.443 e. The summed E-state index contributed by atoms with van der Waals surface area (Å²) in [5, 5.41) is 0. The summed E-state index contributed by atoms with van der Waals surface area (Å²) in [5.74, 6) is -0.780. The van der Waals surface area contributed by atoms with Gasteiger partial charge in [0, 0.05) is 12.5 Å². The fourth-order valence-corrected chi connectivity index (χ4v) is 3.44. The van der Waals surface area contributed by atoms with Gasteiger partial charge in [-0.1, -0.05) is 0 Å². The molecule has 5 nitrogen and oxygen atoms in total. The maximum atomic E-state index is 12.6. The topological polar surface area (TPSA) is 63.7 Å². The molecular weight excluding hydrogens is 310 g/mol. The van der Waals surface area contributed by atoms with E-state index in [0.717, 1.165) is 4.90 Å². The zero-order valence-electron chi connectivity index (χ0n) is 13.2. The smallest absolute Gasteiger partial charge is 0.417 e. The van der Waals surface area contributed by atoms with E-state index in [1.165, 1.54) is 23.5 Å². The first kappa shape index (κ1) is 18.1. The van der Waals surface area contributed by atoms with Crippen molar-refractivity contribution in [3.05, 3.63) is 9.81 Å². The van der Waals surface area contributed by atoms with E-state index in [2.05, 4.69) is 0 Å². The maximum absolute atomic E-state index is 12.6. The van der Waals surface area contributed by atoms with Crippen LogP contribution in [-0.4, -0.2) is 46.8 Å². The van der Waals surface area contributed by atoms with E-state index >= 15 is 0 Å². The van der Waals surface area contributed by atoms with Crippen LogP contribution >= 0.6 is 23.5 Å². The van der Waals surface area contributed by atoms with E-state index in [9.17, 15) is 14.4 Å². The fraction of sp³-hybridized carbons (Fsp3) is 0.643. The first-order valence-electron chi connectivity index (χ1n) is 6.54. The summed E-state index contributed by atoms with van der Waals surface area (Å²) >= 11 is 2.67. The molecule has 1 unspecified atom stereocenters. The Balaban J connectivity index is 3.17. The van der Waals surface area contributed by atoms with Gasteiger partial charge in [0.25, 0.3) is 5.91 Å². The van der Waals surface area contributed by atoms with Crippen molar-refractivity contribution >= 4 is 41.3 Å². The molecule has 1 atom stereocenters. The zero-order chi connectivity index (χ0) is 16.4. The van der Waals surface area contributed by atoms with E-state index in [1.54, 1.807) is 40.2 Å². The van der Waals surface area contributed by atoms with Crippen molar-refractivity contribution in [1.29, 1.82) is 0 Å². The van der Waals surface area contributed by atoms with Gasteiger partial charge in [0.1, 0.15) is 11.2 Å². The highest BCUT2D eigenvalue weighted by Crippen LogP contribution is 2.33. The van der Waals surface area contributed by atoms with Crippen LogP contribution in [0.3, 0.4) is 0 Å². The molecule has 1 aliphatic heterocycles. The number of ether oxygens (including phenoxy) is 1. The predicted molar refractivity (Wildman–Crippen MR) is 86.2 cm³/mol. The molecule has 1 fully saturated rings. The molecule has 118 valence electrons. The summed E-state index contributed by atoms with van der Waals surface area (Å²) in [6.07, 6.45) is 3.03. The summed E-state index contributed by atoms with van der Waals surface area (Å²) in [4.78, 5) is 38.0. The summed E-state index contributed by atoms with van der Waals surface area (Å²) in [5.41, 5.74) is -0.594. The van der Waals surface area contributed by atoms with Crippen molar-refractivity contribution in [3.8, 4) is 0 Å². The highest BCUT2D eigenvalue weighted by molar-refractivity contribution is 8.21. The van der Waals surface area contributed by atoms with Crippen LogP contribution in [0.2, 0.25) is 0 Å². The van der Waals surface area contributed by atoms with Crippen LogP contribution < -0.4 is 0 Å². The lowest BCUT2D eigenvalue weighted by molar-refractivity contribution is -0.134. The largest absolute Gasteiger partial charge is 0.443 e. The molecule has 0 aromatic rings. The molecule has 0 spiro atoms. The van der Waals surface area contributed by atoms with Gasteiger partial charge in [-0.25, -0.2) is 9.69 Å². The number of carbonyl (C=O) groups excluding carboxylic acids is 3. The quantitative estimate of drug-likeness (QED) is 0.572. The number of carbonyl (C=O) groups is 3. The number of hydrogen-bond acceptors (Lipinski definition) is 6. The van der Waals surface area contributed by atoms with Gasteiger partial charge in [0.15, 0.2) is 5.78 Å². The van der Waals surface area contributed by atoms with Crippen molar-refractivity contribution in [1.82, 2.24) is 4.90 Å². The number of imide groups is 1. The van der Waals surface area contributed by atoms with E-state index in [4.69, 9.17) is 4.74 Å².